The number of aliphatic hydroxyl groups is 1. The lowest BCUT2D eigenvalue weighted by molar-refractivity contribution is -0.120. The highest BCUT2D eigenvalue weighted by atomic mass is 16.5. The quantitative estimate of drug-likeness (QED) is 0.498. The van der Waals surface area contributed by atoms with E-state index in [-0.39, 0.29) is 18.0 Å². The van der Waals surface area contributed by atoms with Crippen molar-refractivity contribution < 1.29 is 14.6 Å². The van der Waals surface area contributed by atoms with Gasteiger partial charge in [-0.25, -0.2) is 0 Å². The lowest BCUT2D eigenvalue weighted by Crippen LogP contribution is -2.61. The van der Waals surface area contributed by atoms with E-state index in [0.29, 0.717) is 13.2 Å². The lowest BCUT2D eigenvalue weighted by Gasteiger charge is -2.48. The van der Waals surface area contributed by atoms with Crippen molar-refractivity contribution in [2.75, 3.05) is 31.5 Å². The van der Waals surface area contributed by atoms with Gasteiger partial charge in [-0.1, -0.05) is 60.7 Å². The molecule has 2 N–H and O–H groups in total. The number of rotatable bonds is 8. The Bertz CT molecular complexity index is 1120. The SMILES string of the molecule is O=C(CN1CC[C@@]2(CCCN2Cc2ccccc2)[C@@H](O)C1)Nc1ccc(OCc2ccccc2)cc1. The summed E-state index contributed by atoms with van der Waals surface area (Å²) >= 11 is 0. The molecule has 5 rings (SSSR count). The Balaban J connectivity index is 1.10. The van der Waals surface area contributed by atoms with Crippen molar-refractivity contribution in [2.45, 2.75) is 44.1 Å². The predicted octanol–water partition coefficient (Wildman–Crippen LogP) is 4.31. The number of anilines is 1. The molecule has 3 aromatic rings. The fourth-order valence-corrected chi connectivity index (χ4v) is 5.60. The second-order valence-corrected chi connectivity index (χ2v) is 9.96. The minimum atomic E-state index is -0.466. The average Bonchev–Trinajstić information content (AvgIpc) is 3.30. The van der Waals surface area contributed by atoms with Crippen LogP contribution >= 0.6 is 0 Å². The molecule has 188 valence electrons. The van der Waals surface area contributed by atoms with Gasteiger partial charge in [0.1, 0.15) is 12.4 Å². The molecule has 2 saturated heterocycles. The van der Waals surface area contributed by atoms with Crippen molar-refractivity contribution in [3.8, 4) is 5.75 Å². The van der Waals surface area contributed by atoms with Crippen LogP contribution in [0.25, 0.3) is 0 Å². The molecule has 0 radical (unpaired) electrons. The summed E-state index contributed by atoms with van der Waals surface area (Å²) in [6.45, 7) is 3.99. The van der Waals surface area contributed by atoms with E-state index in [0.717, 1.165) is 55.9 Å². The Morgan fingerprint density at radius 1 is 0.917 bits per heavy atom. The van der Waals surface area contributed by atoms with E-state index in [1.165, 1.54) is 5.56 Å². The van der Waals surface area contributed by atoms with E-state index in [4.69, 9.17) is 4.74 Å². The molecule has 0 aliphatic carbocycles. The van der Waals surface area contributed by atoms with Crippen molar-refractivity contribution in [3.63, 3.8) is 0 Å². The molecule has 2 aliphatic heterocycles. The van der Waals surface area contributed by atoms with Crippen molar-refractivity contribution in [1.82, 2.24) is 9.80 Å². The van der Waals surface area contributed by atoms with Crippen LogP contribution in [0.3, 0.4) is 0 Å². The van der Waals surface area contributed by atoms with Gasteiger partial charge >= 0.3 is 0 Å². The summed E-state index contributed by atoms with van der Waals surface area (Å²) in [6.07, 6.45) is 2.53. The van der Waals surface area contributed by atoms with E-state index in [1.807, 2.05) is 60.7 Å². The summed E-state index contributed by atoms with van der Waals surface area (Å²) in [4.78, 5) is 17.3. The molecule has 0 aromatic heterocycles. The number of hydrogen-bond acceptors (Lipinski definition) is 5. The molecule has 6 nitrogen and oxygen atoms in total. The molecule has 3 aromatic carbocycles. The number of carbonyl (C=O) groups is 1. The molecule has 1 amide bonds. The number of β-amino-alcohol motifs (C(OH)–C–C–N with tert-alkyl or cyclic N) is 1. The standard InChI is InChI=1S/C30H35N3O3/c34-28-21-32(19-17-30(28)16-7-18-33(30)20-24-8-3-1-4-9-24)22-29(35)31-26-12-14-27(15-13-26)36-23-25-10-5-2-6-11-25/h1-6,8-15,28,34H,7,16-23H2,(H,31,35)/t28-,30-/m0/s1. The van der Waals surface area contributed by atoms with Gasteiger partial charge in [0.25, 0.3) is 0 Å². The van der Waals surface area contributed by atoms with Gasteiger partial charge in [0.05, 0.1) is 12.6 Å². The number of piperidine rings is 1. The van der Waals surface area contributed by atoms with Crippen molar-refractivity contribution in [3.05, 3.63) is 96.1 Å². The number of aliphatic hydroxyl groups excluding tert-OH is 1. The van der Waals surface area contributed by atoms with E-state index in [1.54, 1.807) is 0 Å². The third kappa shape index (κ3) is 5.78. The number of benzene rings is 3. The maximum atomic E-state index is 12.7. The van der Waals surface area contributed by atoms with Gasteiger partial charge in [0, 0.05) is 30.9 Å². The number of likely N-dealkylation sites (tertiary alicyclic amines) is 2. The van der Waals surface area contributed by atoms with Crippen molar-refractivity contribution >= 4 is 11.6 Å². The Kier molecular flexibility index (Phi) is 7.66. The van der Waals surface area contributed by atoms with Crippen LogP contribution in [0.15, 0.2) is 84.9 Å². The number of ether oxygens (including phenoxy) is 1. The number of nitrogens with one attached hydrogen (secondary N) is 1. The normalized spacial score (nSPS) is 22.5. The third-order valence-corrected chi connectivity index (χ3v) is 7.55. The Hall–Kier alpha value is -3.19. The molecule has 2 aliphatic rings. The van der Waals surface area contributed by atoms with E-state index < -0.39 is 6.10 Å². The fourth-order valence-electron chi connectivity index (χ4n) is 5.60. The van der Waals surface area contributed by atoms with Gasteiger partial charge in [0.2, 0.25) is 5.91 Å². The number of nitrogens with zero attached hydrogens (tertiary/aromatic N) is 2. The van der Waals surface area contributed by atoms with E-state index in [9.17, 15) is 9.90 Å². The Labute approximate surface area is 213 Å². The van der Waals surface area contributed by atoms with Crippen LogP contribution in [-0.4, -0.2) is 58.6 Å². The highest BCUT2D eigenvalue weighted by molar-refractivity contribution is 5.92. The second kappa shape index (κ2) is 11.2. The minimum absolute atomic E-state index is 0.0660. The zero-order valence-electron chi connectivity index (χ0n) is 20.7. The first-order valence-corrected chi connectivity index (χ1v) is 12.9. The summed E-state index contributed by atoms with van der Waals surface area (Å²) in [5.41, 5.74) is 2.95. The molecule has 0 unspecified atom stereocenters. The Morgan fingerprint density at radius 2 is 1.61 bits per heavy atom. The molecule has 6 heteroatoms. The molecule has 2 atom stereocenters. The first-order chi connectivity index (χ1) is 17.6. The summed E-state index contributed by atoms with van der Waals surface area (Å²) in [7, 11) is 0. The number of hydrogen-bond donors (Lipinski definition) is 2. The number of amides is 1. The van der Waals surface area contributed by atoms with Gasteiger partial charge in [-0.15, -0.1) is 0 Å². The van der Waals surface area contributed by atoms with Crippen LogP contribution in [0.4, 0.5) is 5.69 Å². The lowest BCUT2D eigenvalue weighted by atomic mass is 9.82. The highest BCUT2D eigenvalue weighted by Gasteiger charge is 2.49. The zero-order chi connectivity index (χ0) is 24.8. The van der Waals surface area contributed by atoms with E-state index >= 15 is 0 Å². The summed E-state index contributed by atoms with van der Waals surface area (Å²) in [5, 5.41) is 14.2. The van der Waals surface area contributed by atoms with Crippen LogP contribution < -0.4 is 10.1 Å². The van der Waals surface area contributed by atoms with Crippen LogP contribution in [0, 0.1) is 0 Å². The first kappa shape index (κ1) is 24.5. The fraction of sp³-hybridized carbons (Fsp3) is 0.367. The highest BCUT2D eigenvalue weighted by Crippen LogP contribution is 2.39. The van der Waals surface area contributed by atoms with Gasteiger partial charge in [-0.2, -0.15) is 0 Å². The van der Waals surface area contributed by atoms with Crippen LogP contribution in [0.2, 0.25) is 0 Å². The Morgan fingerprint density at radius 3 is 2.31 bits per heavy atom. The van der Waals surface area contributed by atoms with Gasteiger partial charge in [0.15, 0.2) is 0 Å². The van der Waals surface area contributed by atoms with Gasteiger partial charge < -0.3 is 15.2 Å². The molecule has 2 fully saturated rings. The minimum Gasteiger partial charge on any atom is -0.489 e. The predicted molar refractivity (Wildman–Crippen MR) is 142 cm³/mol. The maximum absolute atomic E-state index is 12.7. The molecule has 1 spiro atoms. The average molecular weight is 486 g/mol. The van der Waals surface area contributed by atoms with Crippen LogP contribution in [-0.2, 0) is 17.9 Å². The largest absolute Gasteiger partial charge is 0.489 e. The molecule has 0 bridgehead atoms. The van der Waals surface area contributed by atoms with Crippen molar-refractivity contribution in [1.29, 1.82) is 0 Å². The summed E-state index contributed by atoms with van der Waals surface area (Å²) < 4.78 is 5.82. The second-order valence-electron chi connectivity index (χ2n) is 9.96. The topological polar surface area (TPSA) is 65.0 Å². The smallest absolute Gasteiger partial charge is 0.238 e. The van der Waals surface area contributed by atoms with Crippen molar-refractivity contribution in [2.24, 2.45) is 0 Å². The third-order valence-electron chi connectivity index (χ3n) is 7.55. The molecular formula is C30H35N3O3. The monoisotopic (exact) mass is 485 g/mol. The van der Waals surface area contributed by atoms with Crippen LogP contribution in [0.1, 0.15) is 30.4 Å². The van der Waals surface area contributed by atoms with Gasteiger partial charge in [-0.3, -0.25) is 14.6 Å². The zero-order valence-corrected chi connectivity index (χ0v) is 20.7. The summed E-state index contributed by atoms with van der Waals surface area (Å²) in [6, 6.07) is 28.0. The van der Waals surface area contributed by atoms with Crippen LogP contribution in [0.5, 0.6) is 5.75 Å². The molecule has 2 heterocycles. The maximum Gasteiger partial charge on any atom is 0.238 e. The van der Waals surface area contributed by atoms with Gasteiger partial charge in [-0.05, 0) is 61.2 Å². The van der Waals surface area contributed by atoms with E-state index in [2.05, 4.69) is 39.4 Å². The summed E-state index contributed by atoms with van der Waals surface area (Å²) in [5.74, 6) is 0.696. The molecular weight excluding hydrogens is 450 g/mol. The molecule has 0 saturated carbocycles. The first-order valence-electron chi connectivity index (χ1n) is 12.9. The molecule has 36 heavy (non-hydrogen) atoms. The number of carbonyl (C=O) groups excluding carboxylic acids is 1.